The molecule has 1 rings (SSSR count). The molecule has 0 fully saturated rings. The van der Waals surface area contributed by atoms with Gasteiger partial charge in [-0.2, -0.15) is 0 Å². The summed E-state index contributed by atoms with van der Waals surface area (Å²) in [7, 11) is 0. The molecule has 0 unspecified atom stereocenters. The first kappa shape index (κ1) is 12.2. The summed E-state index contributed by atoms with van der Waals surface area (Å²) in [6.07, 6.45) is 0.307. The van der Waals surface area contributed by atoms with Gasteiger partial charge in [0.15, 0.2) is 0 Å². The smallest absolute Gasteiger partial charge is 0.326 e. The molecule has 1 amide bonds. The maximum absolute atomic E-state index is 10.9. The van der Waals surface area contributed by atoms with Crippen LogP contribution in [0, 0.1) is 6.92 Å². The van der Waals surface area contributed by atoms with E-state index < -0.39 is 12.0 Å². The van der Waals surface area contributed by atoms with Gasteiger partial charge in [0.05, 0.1) is 0 Å². The molecule has 86 valence electrons. The maximum atomic E-state index is 10.9. The fourth-order valence-corrected chi connectivity index (χ4v) is 1.50. The van der Waals surface area contributed by atoms with Crippen molar-refractivity contribution in [3.8, 4) is 0 Å². The van der Waals surface area contributed by atoms with Gasteiger partial charge in [-0.3, -0.25) is 4.79 Å². The average molecular weight is 221 g/mol. The van der Waals surface area contributed by atoms with Crippen molar-refractivity contribution in [2.24, 2.45) is 0 Å². The Morgan fingerprint density at radius 1 is 1.38 bits per heavy atom. The maximum Gasteiger partial charge on any atom is 0.326 e. The lowest BCUT2D eigenvalue weighted by molar-refractivity contribution is -0.141. The number of benzene rings is 1. The SMILES string of the molecule is CC(=O)N[C@@H](Cc1ccccc1C)C(=O)O. The van der Waals surface area contributed by atoms with E-state index in [4.69, 9.17) is 5.11 Å². The molecule has 16 heavy (non-hydrogen) atoms. The van der Waals surface area contributed by atoms with Crippen LogP contribution in [0.15, 0.2) is 24.3 Å². The van der Waals surface area contributed by atoms with Crippen LogP contribution in [0.1, 0.15) is 18.1 Å². The number of carbonyl (C=O) groups excluding carboxylic acids is 1. The topological polar surface area (TPSA) is 66.4 Å². The first-order valence-corrected chi connectivity index (χ1v) is 5.05. The summed E-state index contributed by atoms with van der Waals surface area (Å²) < 4.78 is 0. The molecule has 0 aliphatic carbocycles. The van der Waals surface area contributed by atoms with Gasteiger partial charge in [-0.05, 0) is 18.1 Å². The number of carboxylic acids is 1. The lowest BCUT2D eigenvalue weighted by Crippen LogP contribution is -2.41. The molecule has 0 saturated heterocycles. The van der Waals surface area contributed by atoms with Crippen molar-refractivity contribution in [2.45, 2.75) is 26.3 Å². The summed E-state index contributed by atoms with van der Waals surface area (Å²) in [6.45, 7) is 3.23. The highest BCUT2D eigenvalue weighted by Gasteiger charge is 2.19. The molecular formula is C12H15NO3. The molecule has 0 radical (unpaired) electrons. The summed E-state index contributed by atoms with van der Waals surface area (Å²) in [6, 6.07) is 6.68. The Balaban J connectivity index is 2.80. The zero-order chi connectivity index (χ0) is 12.1. The monoisotopic (exact) mass is 221 g/mol. The molecule has 2 N–H and O–H groups in total. The third-order valence-corrected chi connectivity index (χ3v) is 2.36. The van der Waals surface area contributed by atoms with Gasteiger partial charge in [-0.1, -0.05) is 24.3 Å². The molecule has 0 spiro atoms. The highest BCUT2D eigenvalue weighted by atomic mass is 16.4. The second kappa shape index (κ2) is 5.30. The lowest BCUT2D eigenvalue weighted by atomic mass is 10.0. The molecule has 0 heterocycles. The van der Waals surface area contributed by atoms with E-state index in [0.29, 0.717) is 6.42 Å². The Kier molecular flexibility index (Phi) is 4.05. The van der Waals surface area contributed by atoms with Gasteiger partial charge in [-0.25, -0.2) is 4.79 Å². The summed E-state index contributed by atoms with van der Waals surface area (Å²) in [5.74, 6) is -1.35. The molecule has 1 aromatic carbocycles. The number of hydrogen-bond acceptors (Lipinski definition) is 2. The van der Waals surface area contributed by atoms with E-state index in [9.17, 15) is 9.59 Å². The van der Waals surface area contributed by atoms with Gasteiger partial charge in [0.2, 0.25) is 5.91 Å². The molecule has 0 aromatic heterocycles. The van der Waals surface area contributed by atoms with Crippen LogP contribution < -0.4 is 5.32 Å². The normalized spacial score (nSPS) is 11.9. The first-order valence-electron chi connectivity index (χ1n) is 5.05. The first-order chi connectivity index (χ1) is 7.50. The van der Waals surface area contributed by atoms with E-state index in [2.05, 4.69) is 5.32 Å². The number of amides is 1. The molecular weight excluding hydrogens is 206 g/mol. The van der Waals surface area contributed by atoms with Crippen LogP contribution >= 0.6 is 0 Å². The van der Waals surface area contributed by atoms with E-state index in [1.54, 1.807) is 0 Å². The van der Waals surface area contributed by atoms with Crippen molar-refractivity contribution in [1.29, 1.82) is 0 Å². The van der Waals surface area contributed by atoms with Crippen molar-refractivity contribution in [3.05, 3.63) is 35.4 Å². The van der Waals surface area contributed by atoms with Crippen LogP contribution in [0.4, 0.5) is 0 Å². The Hall–Kier alpha value is -1.84. The van der Waals surface area contributed by atoms with Gasteiger partial charge >= 0.3 is 5.97 Å². The van der Waals surface area contributed by atoms with Gasteiger partial charge in [0.25, 0.3) is 0 Å². The molecule has 4 nitrogen and oxygen atoms in total. The van der Waals surface area contributed by atoms with Crippen LogP contribution in [0.3, 0.4) is 0 Å². The minimum atomic E-state index is -1.02. The fraction of sp³-hybridized carbons (Fsp3) is 0.333. The second-order valence-corrected chi connectivity index (χ2v) is 3.72. The van der Waals surface area contributed by atoms with Gasteiger partial charge in [0, 0.05) is 13.3 Å². The largest absolute Gasteiger partial charge is 0.480 e. The fourth-order valence-electron chi connectivity index (χ4n) is 1.50. The van der Waals surface area contributed by atoms with Crippen LogP contribution in [-0.4, -0.2) is 23.0 Å². The standard InChI is InChI=1S/C12H15NO3/c1-8-5-3-4-6-10(8)7-11(12(15)16)13-9(2)14/h3-6,11H,7H2,1-2H3,(H,13,14)(H,15,16)/t11-/m0/s1. The van der Waals surface area contributed by atoms with Crippen molar-refractivity contribution in [2.75, 3.05) is 0 Å². The minimum Gasteiger partial charge on any atom is -0.480 e. The van der Waals surface area contributed by atoms with Crippen LogP contribution in [-0.2, 0) is 16.0 Å². The van der Waals surface area contributed by atoms with Crippen molar-refractivity contribution in [1.82, 2.24) is 5.32 Å². The predicted molar refractivity (Wildman–Crippen MR) is 60.1 cm³/mol. The number of carboxylic acid groups (broad SMARTS) is 1. The van der Waals surface area contributed by atoms with Crippen LogP contribution in [0.2, 0.25) is 0 Å². The van der Waals surface area contributed by atoms with E-state index in [1.807, 2.05) is 31.2 Å². The summed E-state index contributed by atoms with van der Waals surface area (Å²) >= 11 is 0. The third-order valence-electron chi connectivity index (χ3n) is 2.36. The molecule has 0 aliphatic rings. The minimum absolute atomic E-state index is 0.307. The Morgan fingerprint density at radius 3 is 2.50 bits per heavy atom. The van der Waals surface area contributed by atoms with Gasteiger partial charge < -0.3 is 10.4 Å². The molecule has 4 heteroatoms. The summed E-state index contributed by atoms with van der Waals surface area (Å²) in [5, 5.41) is 11.4. The molecule has 0 aliphatic heterocycles. The zero-order valence-corrected chi connectivity index (χ0v) is 9.36. The highest BCUT2D eigenvalue weighted by molar-refractivity contribution is 5.82. The quantitative estimate of drug-likeness (QED) is 0.800. The summed E-state index contributed by atoms with van der Waals surface area (Å²) in [4.78, 5) is 21.8. The van der Waals surface area contributed by atoms with Gasteiger partial charge in [-0.15, -0.1) is 0 Å². The number of nitrogens with one attached hydrogen (secondary N) is 1. The Bertz CT molecular complexity index is 401. The Labute approximate surface area is 94.3 Å². The zero-order valence-electron chi connectivity index (χ0n) is 9.36. The van der Waals surface area contributed by atoms with Crippen molar-refractivity contribution in [3.63, 3.8) is 0 Å². The number of hydrogen-bond donors (Lipinski definition) is 2. The number of carbonyl (C=O) groups is 2. The van der Waals surface area contributed by atoms with E-state index in [-0.39, 0.29) is 5.91 Å². The number of rotatable bonds is 4. The summed E-state index contributed by atoms with van der Waals surface area (Å²) in [5.41, 5.74) is 1.96. The van der Waals surface area contributed by atoms with Crippen molar-refractivity contribution < 1.29 is 14.7 Å². The van der Waals surface area contributed by atoms with Crippen LogP contribution in [0.5, 0.6) is 0 Å². The molecule has 1 atom stereocenters. The lowest BCUT2D eigenvalue weighted by Gasteiger charge is -2.14. The number of aryl methyl sites for hydroxylation is 1. The van der Waals surface area contributed by atoms with E-state index in [0.717, 1.165) is 11.1 Å². The molecule has 0 saturated carbocycles. The van der Waals surface area contributed by atoms with E-state index in [1.165, 1.54) is 6.92 Å². The van der Waals surface area contributed by atoms with Crippen LogP contribution in [0.25, 0.3) is 0 Å². The third kappa shape index (κ3) is 3.38. The molecule has 1 aromatic rings. The van der Waals surface area contributed by atoms with Crippen molar-refractivity contribution >= 4 is 11.9 Å². The average Bonchev–Trinajstić information content (AvgIpc) is 2.19. The predicted octanol–water partition coefficient (Wildman–Crippen LogP) is 1.13. The van der Waals surface area contributed by atoms with Gasteiger partial charge in [0.1, 0.15) is 6.04 Å². The highest BCUT2D eigenvalue weighted by Crippen LogP contribution is 2.09. The second-order valence-electron chi connectivity index (χ2n) is 3.72. The Morgan fingerprint density at radius 2 is 2.00 bits per heavy atom. The number of aliphatic carboxylic acids is 1. The molecule has 0 bridgehead atoms. The van der Waals surface area contributed by atoms with E-state index >= 15 is 0 Å².